The molecule has 0 unspecified atom stereocenters. The Bertz CT molecular complexity index is 384. The minimum Gasteiger partial charge on any atom is -0.491 e. The molecule has 0 aliphatic carbocycles. The van der Waals surface area contributed by atoms with Gasteiger partial charge < -0.3 is 10.5 Å². The van der Waals surface area contributed by atoms with Gasteiger partial charge in [-0.15, -0.1) is 0 Å². The molecule has 1 heterocycles. The highest BCUT2D eigenvalue weighted by Gasteiger charge is 2.14. The van der Waals surface area contributed by atoms with E-state index < -0.39 is 0 Å². The van der Waals surface area contributed by atoms with E-state index in [9.17, 15) is 0 Å². The maximum absolute atomic E-state index is 5.89. The summed E-state index contributed by atoms with van der Waals surface area (Å²) >= 11 is 0. The Hall–Kier alpha value is -1.22. The topological polar surface area (TPSA) is 38.5 Å². The van der Waals surface area contributed by atoms with Crippen molar-refractivity contribution in [3.8, 4) is 5.75 Å². The van der Waals surface area contributed by atoms with Crippen molar-refractivity contribution in [3.63, 3.8) is 0 Å². The fourth-order valence-corrected chi connectivity index (χ4v) is 2.45. The van der Waals surface area contributed by atoms with E-state index in [0.717, 1.165) is 18.0 Å². The van der Waals surface area contributed by atoms with Gasteiger partial charge in [0.1, 0.15) is 5.75 Å². The largest absolute Gasteiger partial charge is 0.491 e. The number of piperidine rings is 1. The van der Waals surface area contributed by atoms with Crippen LogP contribution < -0.4 is 10.5 Å². The van der Waals surface area contributed by atoms with Crippen molar-refractivity contribution in [3.05, 3.63) is 23.8 Å². The molecule has 1 fully saturated rings. The van der Waals surface area contributed by atoms with E-state index in [1.807, 2.05) is 18.2 Å². The molecule has 2 rings (SSSR count). The Kier molecular flexibility index (Phi) is 4.48. The van der Waals surface area contributed by atoms with Gasteiger partial charge in [-0.25, -0.2) is 0 Å². The first-order valence-corrected chi connectivity index (χ1v) is 6.92. The summed E-state index contributed by atoms with van der Waals surface area (Å²) in [6.45, 7) is 7.45. The van der Waals surface area contributed by atoms with Crippen molar-refractivity contribution < 1.29 is 4.74 Å². The molecule has 0 atom stereocenters. The highest BCUT2D eigenvalue weighted by molar-refractivity contribution is 5.48. The number of nitrogen functional groups attached to an aromatic ring is 1. The number of hydrogen-bond donors (Lipinski definition) is 1. The number of anilines is 1. The second-order valence-electron chi connectivity index (χ2n) is 5.37. The average Bonchev–Trinajstić information content (AvgIpc) is 2.33. The summed E-state index contributed by atoms with van der Waals surface area (Å²) in [6, 6.07) is 5.96. The van der Waals surface area contributed by atoms with E-state index in [1.54, 1.807) is 0 Å². The number of benzene rings is 1. The van der Waals surface area contributed by atoms with E-state index in [2.05, 4.69) is 18.7 Å². The highest BCUT2D eigenvalue weighted by Crippen LogP contribution is 2.25. The summed E-state index contributed by atoms with van der Waals surface area (Å²) in [5.41, 5.74) is 7.92. The lowest BCUT2D eigenvalue weighted by Gasteiger charge is -2.27. The van der Waals surface area contributed by atoms with Crippen LogP contribution in [-0.2, 0) is 6.54 Å². The first-order chi connectivity index (χ1) is 8.65. The molecule has 1 aromatic rings. The number of rotatable bonds is 4. The third-order valence-corrected chi connectivity index (χ3v) is 3.29. The van der Waals surface area contributed by atoms with Crippen LogP contribution in [0.2, 0.25) is 0 Å². The molecule has 0 spiro atoms. The van der Waals surface area contributed by atoms with Gasteiger partial charge in [0.15, 0.2) is 0 Å². The van der Waals surface area contributed by atoms with E-state index >= 15 is 0 Å². The van der Waals surface area contributed by atoms with Crippen LogP contribution >= 0.6 is 0 Å². The zero-order chi connectivity index (χ0) is 13.0. The van der Waals surface area contributed by atoms with Crippen molar-refractivity contribution in [2.75, 3.05) is 18.8 Å². The van der Waals surface area contributed by atoms with Gasteiger partial charge >= 0.3 is 0 Å². The Morgan fingerprint density at radius 1 is 1.22 bits per heavy atom. The molecule has 1 aliphatic heterocycles. The summed E-state index contributed by atoms with van der Waals surface area (Å²) in [7, 11) is 0. The third kappa shape index (κ3) is 3.64. The third-order valence-electron chi connectivity index (χ3n) is 3.29. The van der Waals surface area contributed by atoms with E-state index in [1.165, 1.54) is 37.9 Å². The normalized spacial score (nSPS) is 17.1. The van der Waals surface area contributed by atoms with Crippen LogP contribution in [0.4, 0.5) is 5.69 Å². The van der Waals surface area contributed by atoms with Gasteiger partial charge in [-0.1, -0.05) is 6.42 Å². The summed E-state index contributed by atoms with van der Waals surface area (Å²) in [6.07, 6.45) is 4.18. The highest BCUT2D eigenvalue weighted by atomic mass is 16.5. The predicted molar refractivity (Wildman–Crippen MR) is 75.7 cm³/mol. The molecular weight excluding hydrogens is 224 g/mol. The molecule has 1 aliphatic rings. The van der Waals surface area contributed by atoms with Gasteiger partial charge in [0.05, 0.1) is 6.10 Å². The van der Waals surface area contributed by atoms with Crippen molar-refractivity contribution in [2.24, 2.45) is 0 Å². The molecule has 0 bridgehead atoms. The zero-order valence-corrected chi connectivity index (χ0v) is 11.5. The molecule has 1 saturated heterocycles. The standard InChI is InChI=1S/C15H24N2O/c1-12(2)18-15-7-6-14(16)10-13(15)11-17-8-4-3-5-9-17/h6-7,10,12H,3-5,8-9,11,16H2,1-2H3. The number of nitrogens with two attached hydrogens (primary N) is 1. The second kappa shape index (κ2) is 6.10. The maximum Gasteiger partial charge on any atom is 0.124 e. The van der Waals surface area contributed by atoms with Crippen LogP contribution in [0.5, 0.6) is 5.75 Å². The lowest BCUT2D eigenvalue weighted by molar-refractivity contribution is 0.207. The zero-order valence-electron chi connectivity index (χ0n) is 11.5. The average molecular weight is 248 g/mol. The Labute approximate surface area is 110 Å². The van der Waals surface area contributed by atoms with Gasteiger partial charge in [0.2, 0.25) is 0 Å². The van der Waals surface area contributed by atoms with Gasteiger partial charge in [-0.05, 0) is 58.0 Å². The molecule has 0 saturated carbocycles. The van der Waals surface area contributed by atoms with Gasteiger partial charge in [0, 0.05) is 17.8 Å². The minimum absolute atomic E-state index is 0.203. The monoisotopic (exact) mass is 248 g/mol. The number of likely N-dealkylation sites (tertiary alicyclic amines) is 1. The molecular formula is C15H24N2O. The second-order valence-corrected chi connectivity index (χ2v) is 5.37. The SMILES string of the molecule is CC(C)Oc1ccc(N)cc1CN1CCCCC1. The van der Waals surface area contributed by atoms with Crippen molar-refractivity contribution in [1.82, 2.24) is 4.90 Å². The molecule has 0 amide bonds. The summed E-state index contributed by atoms with van der Waals surface area (Å²) in [5.74, 6) is 0.977. The van der Waals surface area contributed by atoms with Gasteiger partial charge in [0.25, 0.3) is 0 Å². The summed E-state index contributed by atoms with van der Waals surface area (Å²) < 4.78 is 5.86. The van der Waals surface area contributed by atoms with Crippen LogP contribution in [-0.4, -0.2) is 24.1 Å². The molecule has 1 aromatic carbocycles. The number of hydrogen-bond acceptors (Lipinski definition) is 3. The van der Waals surface area contributed by atoms with Crippen molar-refractivity contribution in [1.29, 1.82) is 0 Å². The molecule has 2 N–H and O–H groups in total. The first-order valence-electron chi connectivity index (χ1n) is 6.92. The fourth-order valence-electron chi connectivity index (χ4n) is 2.45. The lowest BCUT2D eigenvalue weighted by Crippen LogP contribution is -2.29. The predicted octanol–water partition coefficient (Wildman–Crippen LogP) is 3.04. The Balaban J connectivity index is 2.10. The smallest absolute Gasteiger partial charge is 0.124 e. The van der Waals surface area contributed by atoms with E-state index in [0.29, 0.717) is 0 Å². The lowest BCUT2D eigenvalue weighted by atomic mass is 10.1. The van der Waals surface area contributed by atoms with E-state index in [4.69, 9.17) is 10.5 Å². The molecule has 100 valence electrons. The van der Waals surface area contributed by atoms with Crippen molar-refractivity contribution in [2.45, 2.75) is 45.8 Å². The quantitative estimate of drug-likeness (QED) is 0.832. The van der Waals surface area contributed by atoms with Crippen molar-refractivity contribution >= 4 is 5.69 Å². The van der Waals surface area contributed by atoms with E-state index in [-0.39, 0.29) is 6.10 Å². The molecule has 18 heavy (non-hydrogen) atoms. The minimum atomic E-state index is 0.203. The van der Waals surface area contributed by atoms with Crippen LogP contribution in [0.15, 0.2) is 18.2 Å². The fraction of sp³-hybridized carbons (Fsp3) is 0.600. The molecule has 3 heteroatoms. The van der Waals surface area contributed by atoms with Gasteiger partial charge in [-0.3, -0.25) is 4.90 Å². The van der Waals surface area contributed by atoms with Crippen LogP contribution in [0.1, 0.15) is 38.7 Å². The van der Waals surface area contributed by atoms with Crippen LogP contribution in [0.25, 0.3) is 0 Å². The maximum atomic E-state index is 5.89. The number of ether oxygens (including phenoxy) is 1. The molecule has 3 nitrogen and oxygen atoms in total. The molecule has 0 radical (unpaired) electrons. The summed E-state index contributed by atoms with van der Waals surface area (Å²) in [4.78, 5) is 2.49. The Morgan fingerprint density at radius 3 is 2.61 bits per heavy atom. The Morgan fingerprint density at radius 2 is 1.94 bits per heavy atom. The first kappa shape index (κ1) is 13.2. The number of nitrogens with zero attached hydrogens (tertiary/aromatic N) is 1. The van der Waals surface area contributed by atoms with Crippen LogP contribution in [0, 0.1) is 0 Å². The summed E-state index contributed by atoms with van der Waals surface area (Å²) in [5, 5.41) is 0. The molecule has 0 aromatic heterocycles. The van der Waals surface area contributed by atoms with Crippen LogP contribution in [0.3, 0.4) is 0 Å². The van der Waals surface area contributed by atoms with Gasteiger partial charge in [-0.2, -0.15) is 0 Å².